The van der Waals surface area contributed by atoms with Crippen LogP contribution in [0.3, 0.4) is 0 Å². The van der Waals surface area contributed by atoms with E-state index in [0.717, 1.165) is 35.1 Å². The van der Waals surface area contributed by atoms with Crippen LogP contribution in [-0.2, 0) is 19.9 Å². The summed E-state index contributed by atoms with van der Waals surface area (Å²) in [6, 6.07) is 4.96. The molecule has 5 heteroatoms. The van der Waals surface area contributed by atoms with Gasteiger partial charge in [0.15, 0.2) is 0 Å². The molecule has 1 aromatic heterocycles. The van der Waals surface area contributed by atoms with E-state index in [2.05, 4.69) is 46.4 Å². The van der Waals surface area contributed by atoms with Crippen molar-refractivity contribution >= 4 is 15.9 Å². The van der Waals surface area contributed by atoms with Crippen LogP contribution < -0.4 is 5.32 Å². The SMILES string of the molecule is CCNC(Cc1cc(F)ccc1Br)c1cn(C)nc1CC. The fourth-order valence-corrected chi connectivity index (χ4v) is 2.99. The molecule has 0 aliphatic heterocycles. The fraction of sp³-hybridized carbons (Fsp3) is 0.438. The van der Waals surface area contributed by atoms with E-state index in [1.165, 1.54) is 11.6 Å². The molecule has 0 radical (unpaired) electrons. The standard InChI is InChI=1S/C16H21BrFN3/c1-4-15-13(10-21(3)20-15)16(19-5-2)9-11-8-12(18)6-7-14(11)17/h6-8,10,16,19H,4-5,9H2,1-3H3. The summed E-state index contributed by atoms with van der Waals surface area (Å²) < 4.78 is 16.3. The van der Waals surface area contributed by atoms with Gasteiger partial charge in [0.05, 0.1) is 5.69 Å². The molecule has 0 saturated carbocycles. The summed E-state index contributed by atoms with van der Waals surface area (Å²) in [4.78, 5) is 0. The van der Waals surface area contributed by atoms with Crippen LogP contribution in [0, 0.1) is 5.82 Å². The Balaban J connectivity index is 2.32. The third kappa shape index (κ3) is 3.92. The second-order valence-electron chi connectivity index (χ2n) is 5.11. The minimum Gasteiger partial charge on any atom is -0.310 e. The van der Waals surface area contributed by atoms with Gasteiger partial charge in [0.2, 0.25) is 0 Å². The Morgan fingerprint density at radius 1 is 1.38 bits per heavy atom. The number of nitrogens with one attached hydrogen (secondary N) is 1. The summed E-state index contributed by atoms with van der Waals surface area (Å²) >= 11 is 3.51. The Kier molecular flexibility index (Phi) is 5.53. The number of nitrogens with zero attached hydrogens (tertiary/aromatic N) is 2. The van der Waals surface area contributed by atoms with Gasteiger partial charge in [-0.1, -0.05) is 29.8 Å². The maximum Gasteiger partial charge on any atom is 0.123 e. The minimum absolute atomic E-state index is 0.136. The Labute approximate surface area is 133 Å². The van der Waals surface area contributed by atoms with Crippen molar-refractivity contribution in [2.75, 3.05) is 6.54 Å². The van der Waals surface area contributed by atoms with Crippen molar-refractivity contribution in [2.24, 2.45) is 7.05 Å². The molecule has 1 N–H and O–H groups in total. The summed E-state index contributed by atoms with van der Waals surface area (Å²) in [5, 5.41) is 7.99. The maximum absolute atomic E-state index is 13.5. The molecule has 0 bridgehead atoms. The van der Waals surface area contributed by atoms with Gasteiger partial charge in [0.25, 0.3) is 0 Å². The van der Waals surface area contributed by atoms with E-state index in [-0.39, 0.29) is 11.9 Å². The number of halogens is 2. The highest BCUT2D eigenvalue weighted by Gasteiger charge is 2.18. The highest BCUT2D eigenvalue weighted by Crippen LogP contribution is 2.26. The molecule has 1 aromatic carbocycles. The van der Waals surface area contributed by atoms with E-state index < -0.39 is 0 Å². The van der Waals surface area contributed by atoms with Crippen LogP contribution in [-0.4, -0.2) is 16.3 Å². The lowest BCUT2D eigenvalue weighted by Crippen LogP contribution is -2.23. The number of hydrogen-bond acceptors (Lipinski definition) is 2. The van der Waals surface area contributed by atoms with Crippen molar-refractivity contribution in [3.8, 4) is 0 Å². The van der Waals surface area contributed by atoms with Crippen LogP contribution in [0.4, 0.5) is 4.39 Å². The van der Waals surface area contributed by atoms with E-state index >= 15 is 0 Å². The second kappa shape index (κ2) is 7.18. The molecule has 21 heavy (non-hydrogen) atoms. The number of benzene rings is 1. The largest absolute Gasteiger partial charge is 0.310 e. The van der Waals surface area contributed by atoms with Crippen LogP contribution >= 0.6 is 15.9 Å². The monoisotopic (exact) mass is 353 g/mol. The van der Waals surface area contributed by atoms with Gasteiger partial charge in [-0.15, -0.1) is 0 Å². The van der Waals surface area contributed by atoms with E-state index in [1.807, 2.05) is 11.7 Å². The van der Waals surface area contributed by atoms with Crippen LogP contribution in [0.2, 0.25) is 0 Å². The number of aromatic nitrogens is 2. The molecule has 3 nitrogen and oxygen atoms in total. The average molecular weight is 354 g/mol. The van der Waals surface area contributed by atoms with Gasteiger partial charge in [-0.05, 0) is 43.1 Å². The number of rotatable bonds is 6. The van der Waals surface area contributed by atoms with Crippen molar-refractivity contribution in [3.05, 3.63) is 51.5 Å². The van der Waals surface area contributed by atoms with E-state index in [1.54, 1.807) is 12.1 Å². The number of hydrogen-bond donors (Lipinski definition) is 1. The average Bonchev–Trinajstić information content (AvgIpc) is 2.83. The molecule has 0 saturated heterocycles. The van der Waals surface area contributed by atoms with Crippen LogP contribution in [0.15, 0.2) is 28.9 Å². The highest BCUT2D eigenvalue weighted by atomic mass is 79.9. The molecule has 114 valence electrons. The molecule has 2 aromatic rings. The van der Waals surface area contributed by atoms with Crippen molar-refractivity contribution in [1.82, 2.24) is 15.1 Å². The lowest BCUT2D eigenvalue weighted by molar-refractivity contribution is 0.542. The Morgan fingerprint density at radius 2 is 2.14 bits per heavy atom. The lowest BCUT2D eigenvalue weighted by Gasteiger charge is -2.19. The third-order valence-corrected chi connectivity index (χ3v) is 4.30. The van der Waals surface area contributed by atoms with Crippen LogP contribution in [0.25, 0.3) is 0 Å². The molecule has 1 unspecified atom stereocenters. The number of aryl methyl sites for hydroxylation is 2. The molecule has 0 amide bonds. The molecule has 1 atom stereocenters. The van der Waals surface area contributed by atoms with Gasteiger partial charge in [-0.2, -0.15) is 5.10 Å². The van der Waals surface area contributed by atoms with Gasteiger partial charge in [0, 0.05) is 29.3 Å². The summed E-state index contributed by atoms with van der Waals surface area (Å²) in [6.07, 6.45) is 3.67. The molecule has 0 aliphatic rings. The summed E-state index contributed by atoms with van der Waals surface area (Å²) in [5.74, 6) is -0.203. The van der Waals surface area contributed by atoms with Gasteiger partial charge in [0.1, 0.15) is 5.82 Å². The van der Waals surface area contributed by atoms with Crippen LogP contribution in [0.5, 0.6) is 0 Å². The van der Waals surface area contributed by atoms with Gasteiger partial charge in [-0.25, -0.2) is 4.39 Å². The Morgan fingerprint density at radius 3 is 2.81 bits per heavy atom. The topological polar surface area (TPSA) is 29.9 Å². The van der Waals surface area contributed by atoms with Crippen molar-refractivity contribution in [3.63, 3.8) is 0 Å². The first kappa shape index (κ1) is 16.2. The van der Waals surface area contributed by atoms with Gasteiger partial charge >= 0.3 is 0 Å². The summed E-state index contributed by atoms with van der Waals surface area (Å²) in [6.45, 7) is 5.04. The predicted octanol–water partition coefficient (Wildman–Crippen LogP) is 3.78. The second-order valence-corrected chi connectivity index (χ2v) is 5.96. The van der Waals surface area contributed by atoms with Crippen molar-refractivity contribution in [2.45, 2.75) is 32.7 Å². The Hall–Kier alpha value is -1.20. The van der Waals surface area contributed by atoms with Gasteiger partial charge in [-0.3, -0.25) is 4.68 Å². The van der Waals surface area contributed by atoms with Crippen molar-refractivity contribution in [1.29, 1.82) is 0 Å². The summed E-state index contributed by atoms with van der Waals surface area (Å²) in [5.41, 5.74) is 3.25. The van der Waals surface area contributed by atoms with E-state index in [4.69, 9.17) is 0 Å². The zero-order valence-electron chi connectivity index (χ0n) is 12.7. The molecular weight excluding hydrogens is 333 g/mol. The first-order valence-electron chi connectivity index (χ1n) is 7.24. The van der Waals surface area contributed by atoms with Crippen molar-refractivity contribution < 1.29 is 4.39 Å². The quantitative estimate of drug-likeness (QED) is 0.856. The number of likely N-dealkylation sites (N-methyl/N-ethyl adjacent to an activating group) is 1. The Bertz CT molecular complexity index is 610. The molecule has 1 heterocycles. The third-order valence-electron chi connectivity index (χ3n) is 3.53. The first-order chi connectivity index (χ1) is 10.0. The van der Waals surface area contributed by atoms with E-state index in [0.29, 0.717) is 0 Å². The molecule has 0 spiro atoms. The van der Waals surface area contributed by atoms with E-state index in [9.17, 15) is 4.39 Å². The lowest BCUT2D eigenvalue weighted by atomic mass is 9.98. The molecule has 2 rings (SSSR count). The normalized spacial score (nSPS) is 12.6. The zero-order chi connectivity index (χ0) is 15.4. The maximum atomic E-state index is 13.5. The highest BCUT2D eigenvalue weighted by molar-refractivity contribution is 9.10. The summed E-state index contributed by atoms with van der Waals surface area (Å²) in [7, 11) is 1.93. The molecule has 0 fully saturated rings. The smallest absolute Gasteiger partial charge is 0.123 e. The fourth-order valence-electron chi connectivity index (χ4n) is 2.58. The molecule has 0 aliphatic carbocycles. The predicted molar refractivity (Wildman–Crippen MR) is 86.8 cm³/mol. The molecular formula is C16H21BrFN3. The first-order valence-corrected chi connectivity index (χ1v) is 8.04. The minimum atomic E-state index is -0.203. The van der Waals surface area contributed by atoms with Gasteiger partial charge < -0.3 is 5.32 Å². The van der Waals surface area contributed by atoms with Crippen LogP contribution in [0.1, 0.15) is 36.7 Å². The zero-order valence-corrected chi connectivity index (χ0v) is 14.2.